The summed E-state index contributed by atoms with van der Waals surface area (Å²) < 4.78 is 0. The molecule has 1 aliphatic heterocycles. The molecule has 1 aliphatic carbocycles. The van der Waals surface area contributed by atoms with E-state index >= 15 is 0 Å². The lowest BCUT2D eigenvalue weighted by Crippen LogP contribution is -2.46. The van der Waals surface area contributed by atoms with Crippen LogP contribution >= 0.6 is 36.2 Å². The molecule has 0 bridgehead atoms. The Labute approximate surface area is 155 Å². The first-order chi connectivity index (χ1) is 10.2. The number of carbonyl (C=O) groups is 1. The number of likely N-dealkylation sites (tertiary alicyclic amines) is 1. The minimum atomic E-state index is 0. The van der Waals surface area contributed by atoms with Crippen molar-refractivity contribution in [2.45, 2.75) is 57.4 Å². The van der Waals surface area contributed by atoms with Gasteiger partial charge in [-0.25, -0.2) is 4.98 Å². The number of amides is 1. The third-order valence-electron chi connectivity index (χ3n) is 4.83. The van der Waals surface area contributed by atoms with E-state index in [1.54, 1.807) is 11.3 Å². The highest BCUT2D eigenvalue weighted by Gasteiger charge is 2.28. The molecule has 1 aromatic heterocycles. The fourth-order valence-corrected chi connectivity index (χ4v) is 4.71. The number of hydrogen-bond acceptors (Lipinski definition) is 4. The van der Waals surface area contributed by atoms with Gasteiger partial charge >= 0.3 is 0 Å². The van der Waals surface area contributed by atoms with E-state index < -0.39 is 0 Å². The van der Waals surface area contributed by atoms with Crippen LogP contribution in [0.3, 0.4) is 0 Å². The van der Waals surface area contributed by atoms with Gasteiger partial charge in [0, 0.05) is 25.0 Å². The van der Waals surface area contributed by atoms with Crippen LogP contribution in [-0.2, 0) is 0 Å². The Kier molecular flexibility index (Phi) is 8.28. The van der Waals surface area contributed by atoms with Crippen molar-refractivity contribution in [3.8, 4) is 0 Å². The van der Waals surface area contributed by atoms with Gasteiger partial charge in [0.05, 0.1) is 10.7 Å². The Hall–Kier alpha value is -0.360. The van der Waals surface area contributed by atoms with Gasteiger partial charge in [-0.1, -0.05) is 12.8 Å². The standard InChI is InChI=1S/C16H25N3OS.2ClH/c1-11-14(21-15(18-11)12-6-3-4-7-12)16(20)19-9-5-8-13(10-19)17-2;;/h12-13,17H,3-10H2,1-2H3;2*1H. The second kappa shape index (κ2) is 9.21. The molecule has 1 unspecified atom stereocenters. The van der Waals surface area contributed by atoms with Crippen molar-refractivity contribution < 1.29 is 4.79 Å². The Bertz CT molecular complexity index is 517. The Morgan fingerprint density at radius 3 is 2.57 bits per heavy atom. The predicted octanol–water partition coefficient (Wildman–Crippen LogP) is 3.78. The zero-order chi connectivity index (χ0) is 14.8. The molecule has 1 aromatic rings. The normalized spacial score (nSPS) is 21.7. The molecule has 3 rings (SSSR count). The van der Waals surface area contributed by atoms with Crippen LogP contribution in [0.15, 0.2) is 0 Å². The molecule has 2 fully saturated rings. The van der Waals surface area contributed by atoms with Crippen LogP contribution in [0, 0.1) is 6.92 Å². The molecule has 7 heteroatoms. The van der Waals surface area contributed by atoms with E-state index in [0.717, 1.165) is 36.5 Å². The smallest absolute Gasteiger partial charge is 0.265 e. The summed E-state index contributed by atoms with van der Waals surface area (Å²) in [4.78, 5) is 20.4. The zero-order valence-corrected chi connectivity index (χ0v) is 16.3. The highest BCUT2D eigenvalue weighted by atomic mass is 35.5. The number of piperidine rings is 1. The monoisotopic (exact) mass is 379 g/mol. The molecule has 2 heterocycles. The van der Waals surface area contributed by atoms with Gasteiger partial charge in [0.25, 0.3) is 5.91 Å². The van der Waals surface area contributed by atoms with Crippen molar-refractivity contribution in [3.05, 3.63) is 15.6 Å². The first kappa shape index (κ1) is 20.7. The lowest BCUT2D eigenvalue weighted by molar-refractivity contribution is 0.0702. The van der Waals surface area contributed by atoms with Crippen LogP contribution in [0.5, 0.6) is 0 Å². The first-order valence-corrected chi connectivity index (χ1v) is 8.94. The number of nitrogens with one attached hydrogen (secondary N) is 1. The molecule has 1 saturated carbocycles. The molecule has 0 radical (unpaired) electrons. The van der Waals surface area contributed by atoms with Gasteiger partial charge in [-0.15, -0.1) is 36.2 Å². The number of halogens is 2. The summed E-state index contributed by atoms with van der Waals surface area (Å²) in [5, 5.41) is 4.49. The number of thiazole rings is 1. The molecular weight excluding hydrogens is 353 g/mol. The van der Waals surface area contributed by atoms with Crippen LogP contribution < -0.4 is 5.32 Å². The summed E-state index contributed by atoms with van der Waals surface area (Å²) in [6, 6.07) is 0.435. The third-order valence-corrected chi connectivity index (χ3v) is 6.14. The number of rotatable bonds is 3. The SMILES string of the molecule is CNC1CCCN(C(=O)c2sc(C3CCCC3)nc2C)C1.Cl.Cl. The molecule has 132 valence electrons. The molecule has 1 atom stereocenters. The maximum atomic E-state index is 12.8. The van der Waals surface area contributed by atoms with E-state index in [9.17, 15) is 4.79 Å². The number of carbonyl (C=O) groups excluding carboxylic acids is 1. The molecule has 1 amide bonds. The molecule has 1 saturated heterocycles. The van der Waals surface area contributed by atoms with Crippen LogP contribution in [0.2, 0.25) is 0 Å². The zero-order valence-electron chi connectivity index (χ0n) is 13.8. The highest BCUT2D eigenvalue weighted by Crippen LogP contribution is 2.37. The Morgan fingerprint density at radius 1 is 1.22 bits per heavy atom. The number of hydrogen-bond donors (Lipinski definition) is 1. The molecule has 23 heavy (non-hydrogen) atoms. The predicted molar refractivity (Wildman–Crippen MR) is 101 cm³/mol. The van der Waals surface area contributed by atoms with Crippen molar-refractivity contribution in [2.75, 3.05) is 20.1 Å². The van der Waals surface area contributed by atoms with Crippen LogP contribution in [0.4, 0.5) is 0 Å². The lowest BCUT2D eigenvalue weighted by Gasteiger charge is -2.32. The van der Waals surface area contributed by atoms with E-state index in [1.165, 1.54) is 30.7 Å². The molecular formula is C16H27Cl2N3OS. The summed E-state index contributed by atoms with van der Waals surface area (Å²) in [6.07, 6.45) is 7.35. The highest BCUT2D eigenvalue weighted by molar-refractivity contribution is 7.13. The van der Waals surface area contributed by atoms with E-state index in [1.807, 2.05) is 18.9 Å². The summed E-state index contributed by atoms with van der Waals surface area (Å²) in [6.45, 7) is 3.69. The maximum absolute atomic E-state index is 12.8. The van der Waals surface area contributed by atoms with Crippen molar-refractivity contribution in [1.29, 1.82) is 0 Å². The lowest BCUT2D eigenvalue weighted by atomic mass is 10.1. The van der Waals surface area contributed by atoms with Gasteiger partial charge in [0.15, 0.2) is 0 Å². The molecule has 0 spiro atoms. The number of likely N-dealkylation sites (N-methyl/N-ethyl adjacent to an activating group) is 1. The first-order valence-electron chi connectivity index (χ1n) is 8.13. The van der Waals surface area contributed by atoms with Crippen LogP contribution in [-0.4, -0.2) is 42.0 Å². The summed E-state index contributed by atoms with van der Waals surface area (Å²) >= 11 is 1.64. The van der Waals surface area contributed by atoms with Crippen LogP contribution in [0.25, 0.3) is 0 Å². The van der Waals surface area contributed by atoms with E-state index in [0.29, 0.717) is 12.0 Å². The molecule has 4 nitrogen and oxygen atoms in total. The van der Waals surface area contributed by atoms with Crippen molar-refractivity contribution in [2.24, 2.45) is 0 Å². The average Bonchev–Trinajstić information content (AvgIpc) is 3.16. The summed E-state index contributed by atoms with van der Waals surface area (Å²) in [5.41, 5.74) is 0.929. The van der Waals surface area contributed by atoms with Crippen molar-refractivity contribution in [3.63, 3.8) is 0 Å². The van der Waals surface area contributed by atoms with Gasteiger partial charge in [-0.3, -0.25) is 4.79 Å². The maximum Gasteiger partial charge on any atom is 0.265 e. The van der Waals surface area contributed by atoms with Crippen LogP contribution in [0.1, 0.15) is 64.8 Å². The number of nitrogens with zero attached hydrogens (tertiary/aromatic N) is 2. The van der Waals surface area contributed by atoms with E-state index in [-0.39, 0.29) is 30.7 Å². The van der Waals surface area contributed by atoms with Gasteiger partial charge in [0.2, 0.25) is 0 Å². The minimum absolute atomic E-state index is 0. The fraction of sp³-hybridized carbons (Fsp3) is 0.750. The Balaban J connectivity index is 0.00000132. The number of aryl methyl sites for hydroxylation is 1. The fourth-order valence-electron chi connectivity index (χ4n) is 3.50. The third kappa shape index (κ3) is 4.59. The van der Waals surface area contributed by atoms with Crippen molar-refractivity contribution >= 4 is 42.1 Å². The summed E-state index contributed by atoms with van der Waals surface area (Å²) in [7, 11) is 1.98. The topological polar surface area (TPSA) is 45.2 Å². The number of aromatic nitrogens is 1. The molecule has 2 aliphatic rings. The Morgan fingerprint density at radius 2 is 1.91 bits per heavy atom. The minimum Gasteiger partial charge on any atom is -0.336 e. The molecule has 0 aromatic carbocycles. The quantitative estimate of drug-likeness (QED) is 0.868. The average molecular weight is 380 g/mol. The van der Waals surface area contributed by atoms with Gasteiger partial charge in [-0.05, 0) is 39.7 Å². The van der Waals surface area contributed by atoms with Gasteiger partial charge in [0.1, 0.15) is 4.88 Å². The second-order valence-corrected chi connectivity index (χ2v) is 7.36. The van der Waals surface area contributed by atoms with E-state index in [2.05, 4.69) is 5.32 Å². The second-order valence-electron chi connectivity index (χ2n) is 6.33. The van der Waals surface area contributed by atoms with Crippen molar-refractivity contribution in [1.82, 2.24) is 15.2 Å². The van der Waals surface area contributed by atoms with Gasteiger partial charge < -0.3 is 10.2 Å². The summed E-state index contributed by atoms with van der Waals surface area (Å²) in [5.74, 6) is 0.788. The van der Waals surface area contributed by atoms with E-state index in [4.69, 9.17) is 4.98 Å². The molecule has 1 N–H and O–H groups in total. The van der Waals surface area contributed by atoms with Gasteiger partial charge in [-0.2, -0.15) is 0 Å². The largest absolute Gasteiger partial charge is 0.336 e.